The van der Waals surface area contributed by atoms with Gasteiger partial charge in [0.15, 0.2) is 0 Å². The number of hydrogen-bond donors (Lipinski definition) is 2. The van der Waals surface area contributed by atoms with Gasteiger partial charge in [-0.05, 0) is 37.6 Å². The quantitative estimate of drug-likeness (QED) is 0.670. The minimum Gasteiger partial charge on any atom is -0.355 e. The molecule has 2 saturated carbocycles. The van der Waals surface area contributed by atoms with E-state index in [9.17, 15) is 4.79 Å². The van der Waals surface area contributed by atoms with Gasteiger partial charge in [-0.25, -0.2) is 0 Å². The molecule has 0 aromatic heterocycles. The molecule has 3 heteroatoms. The molecule has 0 unspecified atom stereocenters. The molecular weight excluding hydrogens is 164 g/mol. The van der Waals surface area contributed by atoms with Gasteiger partial charge in [-0.1, -0.05) is 6.42 Å². The molecule has 0 bridgehead atoms. The third kappa shape index (κ3) is 1.85. The van der Waals surface area contributed by atoms with Gasteiger partial charge in [0.1, 0.15) is 0 Å². The van der Waals surface area contributed by atoms with Crippen LogP contribution in [0.2, 0.25) is 0 Å². The van der Waals surface area contributed by atoms with Crippen LogP contribution in [0, 0.1) is 11.3 Å². The number of amides is 1. The molecule has 2 fully saturated rings. The van der Waals surface area contributed by atoms with Gasteiger partial charge in [0.05, 0.1) is 0 Å². The third-order valence-corrected chi connectivity index (χ3v) is 3.50. The lowest BCUT2D eigenvalue weighted by Gasteiger charge is -2.25. The highest BCUT2D eigenvalue weighted by molar-refractivity contribution is 5.79. The Morgan fingerprint density at radius 3 is 2.54 bits per heavy atom. The largest absolute Gasteiger partial charge is 0.355 e. The SMILES string of the molecule is NCC1(CNC(=O)C2CCC2)CC1. The number of hydrogen-bond acceptors (Lipinski definition) is 2. The van der Waals surface area contributed by atoms with Crippen molar-refractivity contribution < 1.29 is 4.79 Å². The molecule has 0 aromatic carbocycles. The fourth-order valence-electron chi connectivity index (χ4n) is 1.72. The fourth-order valence-corrected chi connectivity index (χ4v) is 1.72. The second-order valence-corrected chi connectivity index (χ2v) is 4.55. The summed E-state index contributed by atoms with van der Waals surface area (Å²) in [7, 11) is 0. The summed E-state index contributed by atoms with van der Waals surface area (Å²) >= 11 is 0. The smallest absolute Gasteiger partial charge is 0.223 e. The first-order valence-corrected chi connectivity index (χ1v) is 5.24. The Balaban J connectivity index is 1.69. The lowest BCUT2D eigenvalue weighted by atomic mass is 9.84. The summed E-state index contributed by atoms with van der Waals surface area (Å²) in [6.07, 6.45) is 5.77. The Labute approximate surface area is 79.1 Å². The number of nitrogens with two attached hydrogens (primary N) is 1. The normalized spacial score (nSPS) is 25.0. The Kier molecular flexibility index (Phi) is 2.28. The topological polar surface area (TPSA) is 55.1 Å². The standard InChI is InChI=1S/C10H18N2O/c11-6-10(4-5-10)7-12-9(13)8-2-1-3-8/h8H,1-7,11H2,(H,12,13). The maximum absolute atomic E-state index is 11.5. The van der Waals surface area contributed by atoms with Crippen LogP contribution in [0.5, 0.6) is 0 Å². The molecule has 13 heavy (non-hydrogen) atoms. The summed E-state index contributed by atoms with van der Waals surface area (Å²) in [5, 5.41) is 3.02. The van der Waals surface area contributed by atoms with Crippen LogP contribution in [0.1, 0.15) is 32.1 Å². The molecule has 2 rings (SSSR count). The summed E-state index contributed by atoms with van der Waals surface area (Å²) in [5.41, 5.74) is 5.90. The number of rotatable bonds is 4. The molecule has 2 aliphatic carbocycles. The average Bonchev–Trinajstić information content (AvgIpc) is 2.78. The fraction of sp³-hybridized carbons (Fsp3) is 0.900. The molecule has 1 amide bonds. The van der Waals surface area contributed by atoms with E-state index in [-0.39, 0.29) is 11.3 Å². The third-order valence-electron chi connectivity index (χ3n) is 3.50. The first kappa shape index (κ1) is 9.00. The second-order valence-electron chi connectivity index (χ2n) is 4.55. The van der Waals surface area contributed by atoms with Gasteiger partial charge >= 0.3 is 0 Å². The summed E-state index contributed by atoms with van der Waals surface area (Å²) in [6, 6.07) is 0. The number of carbonyl (C=O) groups excluding carboxylic acids is 1. The maximum atomic E-state index is 11.5. The molecule has 0 heterocycles. The van der Waals surface area contributed by atoms with E-state index < -0.39 is 0 Å². The lowest BCUT2D eigenvalue weighted by Crippen LogP contribution is -2.39. The van der Waals surface area contributed by atoms with Crippen molar-refractivity contribution in [1.29, 1.82) is 0 Å². The Morgan fingerprint density at radius 1 is 1.46 bits per heavy atom. The molecule has 74 valence electrons. The lowest BCUT2D eigenvalue weighted by molar-refractivity contribution is -0.127. The molecule has 3 nitrogen and oxygen atoms in total. The van der Waals surface area contributed by atoms with E-state index in [0.717, 1.165) is 25.9 Å². The van der Waals surface area contributed by atoms with Crippen LogP contribution < -0.4 is 11.1 Å². The highest BCUT2D eigenvalue weighted by atomic mass is 16.1. The van der Waals surface area contributed by atoms with Crippen molar-refractivity contribution in [3.05, 3.63) is 0 Å². The van der Waals surface area contributed by atoms with Crippen molar-refractivity contribution in [3.8, 4) is 0 Å². The molecule has 0 saturated heterocycles. The van der Waals surface area contributed by atoms with Crippen LogP contribution in [0.4, 0.5) is 0 Å². The van der Waals surface area contributed by atoms with Gasteiger partial charge in [0.2, 0.25) is 5.91 Å². The molecule has 0 radical (unpaired) electrons. The molecule has 3 N–H and O–H groups in total. The highest BCUT2D eigenvalue weighted by Crippen LogP contribution is 2.43. The van der Waals surface area contributed by atoms with E-state index in [2.05, 4.69) is 5.32 Å². The van der Waals surface area contributed by atoms with E-state index >= 15 is 0 Å². The highest BCUT2D eigenvalue weighted by Gasteiger charge is 2.41. The van der Waals surface area contributed by atoms with Crippen molar-refractivity contribution in [3.63, 3.8) is 0 Å². The van der Waals surface area contributed by atoms with E-state index in [4.69, 9.17) is 5.73 Å². The van der Waals surface area contributed by atoms with Gasteiger partial charge in [-0.15, -0.1) is 0 Å². The van der Waals surface area contributed by atoms with E-state index in [1.807, 2.05) is 0 Å². The summed E-state index contributed by atoms with van der Waals surface area (Å²) in [4.78, 5) is 11.5. The summed E-state index contributed by atoms with van der Waals surface area (Å²) in [5.74, 6) is 0.569. The van der Waals surface area contributed by atoms with E-state index in [1.54, 1.807) is 0 Å². The zero-order valence-corrected chi connectivity index (χ0v) is 8.01. The zero-order valence-electron chi connectivity index (χ0n) is 8.01. The van der Waals surface area contributed by atoms with Crippen LogP contribution in [0.3, 0.4) is 0 Å². The minimum absolute atomic E-state index is 0.256. The predicted octanol–water partition coefficient (Wildman–Crippen LogP) is 0.642. The average molecular weight is 182 g/mol. The Morgan fingerprint density at radius 2 is 2.15 bits per heavy atom. The molecule has 0 spiro atoms. The van der Waals surface area contributed by atoms with Gasteiger partial charge in [0.25, 0.3) is 0 Å². The summed E-state index contributed by atoms with van der Waals surface area (Å²) < 4.78 is 0. The van der Waals surface area contributed by atoms with Crippen molar-refractivity contribution in [2.45, 2.75) is 32.1 Å². The van der Waals surface area contributed by atoms with Crippen molar-refractivity contribution in [2.24, 2.45) is 17.1 Å². The monoisotopic (exact) mass is 182 g/mol. The molecule has 0 aromatic rings. The van der Waals surface area contributed by atoms with Crippen LogP contribution in [-0.2, 0) is 4.79 Å². The first-order chi connectivity index (χ1) is 6.26. The zero-order chi connectivity index (χ0) is 9.31. The van der Waals surface area contributed by atoms with Crippen LogP contribution in [0.15, 0.2) is 0 Å². The molecular formula is C10H18N2O. The second kappa shape index (κ2) is 3.29. The predicted molar refractivity (Wildman–Crippen MR) is 51.1 cm³/mol. The van der Waals surface area contributed by atoms with Crippen molar-refractivity contribution in [2.75, 3.05) is 13.1 Å². The van der Waals surface area contributed by atoms with Crippen molar-refractivity contribution >= 4 is 5.91 Å². The molecule has 2 aliphatic rings. The Hall–Kier alpha value is -0.570. The molecule has 0 atom stereocenters. The number of carbonyl (C=O) groups is 1. The van der Waals surface area contributed by atoms with Crippen LogP contribution >= 0.6 is 0 Å². The maximum Gasteiger partial charge on any atom is 0.223 e. The van der Waals surface area contributed by atoms with E-state index in [1.165, 1.54) is 19.3 Å². The van der Waals surface area contributed by atoms with E-state index in [0.29, 0.717) is 5.92 Å². The van der Waals surface area contributed by atoms with Gasteiger partial charge in [-0.2, -0.15) is 0 Å². The van der Waals surface area contributed by atoms with Gasteiger partial charge < -0.3 is 11.1 Å². The van der Waals surface area contributed by atoms with Gasteiger partial charge in [0, 0.05) is 12.5 Å². The first-order valence-electron chi connectivity index (χ1n) is 5.24. The van der Waals surface area contributed by atoms with Crippen LogP contribution in [0.25, 0.3) is 0 Å². The van der Waals surface area contributed by atoms with Crippen LogP contribution in [-0.4, -0.2) is 19.0 Å². The van der Waals surface area contributed by atoms with Gasteiger partial charge in [-0.3, -0.25) is 4.79 Å². The van der Waals surface area contributed by atoms with Crippen molar-refractivity contribution in [1.82, 2.24) is 5.32 Å². The Bertz CT molecular complexity index is 207. The molecule has 0 aliphatic heterocycles. The number of nitrogens with one attached hydrogen (secondary N) is 1. The minimum atomic E-state index is 0.256. The summed E-state index contributed by atoms with van der Waals surface area (Å²) in [6.45, 7) is 1.52.